The summed E-state index contributed by atoms with van der Waals surface area (Å²) < 4.78 is 43.8. The lowest BCUT2D eigenvalue weighted by Crippen LogP contribution is -2.53. The molecule has 0 fully saturated rings. The van der Waals surface area contributed by atoms with Gasteiger partial charge in [0.05, 0.1) is 10.6 Å². The number of sulfonamides is 1. The summed E-state index contributed by atoms with van der Waals surface area (Å²) in [6, 6.07) is 27.2. The summed E-state index contributed by atoms with van der Waals surface area (Å²) in [7, 11) is -2.73. The fraction of sp³-hybridized carbons (Fsp3) is 0.212. The highest BCUT2D eigenvalue weighted by Gasteiger charge is 2.34. The van der Waals surface area contributed by atoms with Crippen LogP contribution in [-0.4, -0.2) is 44.8 Å². The first-order chi connectivity index (χ1) is 20.1. The molecule has 0 aliphatic rings. The third-order valence-corrected chi connectivity index (χ3v) is 8.99. The molecule has 1 unspecified atom stereocenters. The maximum absolute atomic E-state index is 14.9. The van der Waals surface area contributed by atoms with Gasteiger partial charge >= 0.3 is 0 Å². The summed E-state index contributed by atoms with van der Waals surface area (Å²) in [4.78, 5) is 28.8. The van der Waals surface area contributed by atoms with Crippen molar-refractivity contribution in [3.8, 4) is 0 Å². The summed E-state index contributed by atoms with van der Waals surface area (Å²) >= 11 is 0. The molecule has 4 aromatic carbocycles. The van der Waals surface area contributed by atoms with E-state index in [2.05, 4.69) is 5.32 Å². The lowest BCUT2D eigenvalue weighted by atomic mass is 10.0. The number of hydrogen-bond donors (Lipinski definition) is 1. The van der Waals surface area contributed by atoms with Crippen molar-refractivity contribution >= 4 is 27.5 Å². The maximum atomic E-state index is 14.9. The average Bonchev–Trinajstić information content (AvgIpc) is 3.00. The number of benzene rings is 4. The largest absolute Gasteiger partial charge is 0.357 e. The second-order valence-electron chi connectivity index (χ2n) is 10.0. The summed E-state index contributed by atoms with van der Waals surface area (Å²) in [5.74, 6) is -1.64. The summed E-state index contributed by atoms with van der Waals surface area (Å²) in [6.07, 6.45) is 0.149. The third-order valence-electron chi connectivity index (χ3n) is 7.20. The smallest absolute Gasteiger partial charge is 0.264 e. The number of hydrogen-bond acceptors (Lipinski definition) is 4. The number of aryl methyl sites for hydroxylation is 2. The van der Waals surface area contributed by atoms with Crippen LogP contribution in [0.1, 0.15) is 22.3 Å². The minimum absolute atomic E-state index is 0.0174. The van der Waals surface area contributed by atoms with Crippen LogP contribution in [0.2, 0.25) is 0 Å². The molecule has 0 aromatic heterocycles. The van der Waals surface area contributed by atoms with E-state index in [0.29, 0.717) is 5.69 Å². The standard InChI is InChI=1S/C33H34FN3O4S/c1-24-18-19-28(20-25(24)2)37(42(40,41)29-15-8-5-9-16-29)23-32(38)36(22-27-14-10-11-17-30(27)34)31(33(39)35-3)21-26-12-6-4-7-13-26/h4-20,31H,21-23H2,1-3H3,(H,35,39). The molecule has 4 aromatic rings. The molecule has 0 spiro atoms. The van der Waals surface area contributed by atoms with Gasteiger partial charge in [-0.3, -0.25) is 13.9 Å². The Morgan fingerprint density at radius 2 is 1.45 bits per heavy atom. The van der Waals surface area contributed by atoms with Crippen molar-refractivity contribution in [2.24, 2.45) is 0 Å². The Balaban J connectivity index is 1.81. The van der Waals surface area contributed by atoms with Crippen molar-refractivity contribution in [1.29, 1.82) is 0 Å². The first kappa shape index (κ1) is 30.5. The van der Waals surface area contributed by atoms with Crippen molar-refractivity contribution in [3.05, 3.63) is 131 Å². The van der Waals surface area contributed by atoms with Gasteiger partial charge in [0.1, 0.15) is 18.4 Å². The van der Waals surface area contributed by atoms with Crippen LogP contribution in [0.15, 0.2) is 108 Å². The van der Waals surface area contributed by atoms with Gasteiger partial charge in [0.15, 0.2) is 0 Å². The first-order valence-electron chi connectivity index (χ1n) is 13.5. The number of anilines is 1. The van der Waals surface area contributed by atoms with Crippen LogP contribution in [-0.2, 0) is 32.6 Å². The van der Waals surface area contributed by atoms with Gasteiger partial charge in [0, 0.05) is 25.6 Å². The van der Waals surface area contributed by atoms with Crippen LogP contribution < -0.4 is 9.62 Å². The first-order valence-corrected chi connectivity index (χ1v) is 15.0. The number of amides is 2. The molecule has 0 aliphatic carbocycles. The predicted octanol–water partition coefficient (Wildman–Crippen LogP) is 5.02. The molecule has 9 heteroatoms. The van der Waals surface area contributed by atoms with Gasteiger partial charge in [0.2, 0.25) is 11.8 Å². The van der Waals surface area contributed by atoms with E-state index < -0.39 is 40.2 Å². The van der Waals surface area contributed by atoms with E-state index in [9.17, 15) is 22.4 Å². The van der Waals surface area contributed by atoms with Gasteiger partial charge in [-0.1, -0.05) is 72.8 Å². The van der Waals surface area contributed by atoms with Crippen LogP contribution in [0, 0.1) is 19.7 Å². The second-order valence-corrected chi connectivity index (χ2v) is 11.9. The zero-order chi connectivity index (χ0) is 30.3. The van der Waals surface area contributed by atoms with E-state index in [1.54, 1.807) is 54.6 Å². The molecule has 0 saturated carbocycles. The quantitative estimate of drug-likeness (QED) is 0.267. The average molecular weight is 588 g/mol. The van der Waals surface area contributed by atoms with Gasteiger partial charge in [-0.05, 0) is 60.9 Å². The van der Waals surface area contributed by atoms with Crippen LogP contribution in [0.5, 0.6) is 0 Å². The number of carbonyl (C=O) groups excluding carboxylic acids is 2. The highest BCUT2D eigenvalue weighted by atomic mass is 32.2. The monoisotopic (exact) mass is 587 g/mol. The van der Waals surface area contributed by atoms with E-state index in [0.717, 1.165) is 21.0 Å². The van der Waals surface area contributed by atoms with Crippen LogP contribution in [0.3, 0.4) is 0 Å². The molecule has 2 amide bonds. The Bertz CT molecular complexity index is 1650. The third kappa shape index (κ3) is 7.03. The molecule has 42 heavy (non-hydrogen) atoms. The van der Waals surface area contributed by atoms with Gasteiger partial charge in [-0.25, -0.2) is 12.8 Å². The van der Waals surface area contributed by atoms with Crippen LogP contribution in [0.25, 0.3) is 0 Å². The van der Waals surface area contributed by atoms with Crippen molar-refractivity contribution in [2.75, 3.05) is 17.9 Å². The zero-order valence-corrected chi connectivity index (χ0v) is 24.6. The molecular weight excluding hydrogens is 553 g/mol. The Morgan fingerprint density at radius 1 is 0.833 bits per heavy atom. The van der Waals surface area contributed by atoms with Gasteiger partial charge in [-0.2, -0.15) is 0 Å². The maximum Gasteiger partial charge on any atom is 0.264 e. The zero-order valence-electron chi connectivity index (χ0n) is 23.8. The lowest BCUT2D eigenvalue weighted by molar-refractivity contribution is -0.139. The normalized spacial score (nSPS) is 11.9. The second kappa shape index (κ2) is 13.4. The molecule has 0 radical (unpaired) electrons. The fourth-order valence-corrected chi connectivity index (χ4v) is 6.09. The number of nitrogens with one attached hydrogen (secondary N) is 1. The van der Waals surface area contributed by atoms with E-state index in [4.69, 9.17) is 0 Å². The summed E-state index contributed by atoms with van der Waals surface area (Å²) in [6.45, 7) is 2.94. The molecule has 4 rings (SSSR count). The highest BCUT2D eigenvalue weighted by molar-refractivity contribution is 7.92. The van der Waals surface area contributed by atoms with Crippen molar-refractivity contribution in [3.63, 3.8) is 0 Å². The summed E-state index contributed by atoms with van der Waals surface area (Å²) in [5.41, 5.74) is 3.12. The van der Waals surface area contributed by atoms with Crippen molar-refractivity contribution < 1.29 is 22.4 Å². The molecule has 218 valence electrons. The molecule has 0 saturated heterocycles. The summed E-state index contributed by atoms with van der Waals surface area (Å²) in [5, 5.41) is 2.62. The number of rotatable bonds is 11. The topological polar surface area (TPSA) is 86.8 Å². The number of halogens is 1. The highest BCUT2D eigenvalue weighted by Crippen LogP contribution is 2.27. The van der Waals surface area contributed by atoms with E-state index in [1.165, 1.54) is 30.1 Å². The molecule has 1 atom stereocenters. The number of carbonyl (C=O) groups is 2. The van der Waals surface area contributed by atoms with Gasteiger partial charge in [-0.15, -0.1) is 0 Å². The number of likely N-dealkylation sites (N-methyl/N-ethyl adjacent to an activating group) is 1. The molecule has 0 bridgehead atoms. The Labute approximate surface area is 246 Å². The van der Waals surface area contributed by atoms with Crippen LogP contribution in [0.4, 0.5) is 10.1 Å². The minimum Gasteiger partial charge on any atom is -0.357 e. The molecule has 7 nitrogen and oxygen atoms in total. The molecule has 0 aliphatic heterocycles. The van der Waals surface area contributed by atoms with Gasteiger partial charge < -0.3 is 10.2 Å². The molecule has 0 heterocycles. The van der Waals surface area contributed by atoms with Crippen molar-refractivity contribution in [2.45, 2.75) is 37.8 Å². The minimum atomic E-state index is -4.19. The fourth-order valence-electron chi connectivity index (χ4n) is 4.66. The Morgan fingerprint density at radius 3 is 2.07 bits per heavy atom. The molecule has 1 N–H and O–H groups in total. The molecular formula is C33H34FN3O4S. The van der Waals surface area contributed by atoms with E-state index in [1.807, 2.05) is 44.2 Å². The number of nitrogens with zero attached hydrogens (tertiary/aromatic N) is 2. The van der Waals surface area contributed by atoms with E-state index >= 15 is 0 Å². The SMILES string of the molecule is CNC(=O)C(Cc1ccccc1)N(Cc1ccccc1F)C(=O)CN(c1ccc(C)c(C)c1)S(=O)(=O)c1ccccc1. The van der Waals surface area contributed by atoms with E-state index in [-0.39, 0.29) is 23.4 Å². The Kier molecular flexibility index (Phi) is 9.75. The van der Waals surface area contributed by atoms with Crippen molar-refractivity contribution in [1.82, 2.24) is 10.2 Å². The van der Waals surface area contributed by atoms with Gasteiger partial charge in [0.25, 0.3) is 10.0 Å². The lowest BCUT2D eigenvalue weighted by Gasteiger charge is -2.33. The van der Waals surface area contributed by atoms with Crippen LogP contribution >= 0.6 is 0 Å². The Hall–Kier alpha value is -4.50. The predicted molar refractivity (Wildman–Crippen MR) is 162 cm³/mol.